The second kappa shape index (κ2) is 15.8. The molecule has 0 bridgehead atoms. The van der Waals surface area contributed by atoms with E-state index in [2.05, 4.69) is 25.9 Å². The van der Waals surface area contributed by atoms with Gasteiger partial charge < -0.3 is 19.7 Å². The fourth-order valence-corrected chi connectivity index (χ4v) is 7.64. The first kappa shape index (κ1) is 36.8. The number of imide groups is 2. The van der Waals surface area contributed by atoms with Gasteiger partial charge in [0.2, 0.25) is 11.8 Å². The lowest BCUT2D eigenvalue weighted by molar-refractivity contribution is -0.136. The Morgan fingerprint density at radius 1 is 0.944 bits per heavy atom. The first-order valence-corrected chi connectivity index (χ1v) is 18.5. The molecule has 3 N–H and O–H groups in total. The predicted octanol–water partition coefficient (Wildman–Crippen LogP) is 2.29. The number of nitrogens with zero attached hydrogens (tertiary/aromatic N) is 5. The standard InChI is InChI=1S/C38H41ClN8O7/c1-44-31(35(49)41-24-3-6-25(7-4-24)54-27-5-2-23(22-40)30(39)21-27)10-12-33(43-44)46-16-14-45(15-17-46)18-19-53-26-8-9-28-29(20-26)38(52)47(37(28)51)32-11-13-34(48)42-36(32)50/h2,5,8-10,12,20-21,24-25,32,43H,3-4,6-7,11,13-19H2,1H3,(H,41,49)(H,42,48,50). The number of benzene rings is 2. The van der Waals surface area contributed by atoms with Gasteiger partial charge in [0.1, 0.15) is 41.7 Å². The van der Waals surface area contributed by atoms with Crippen LogP contribution in [-0.2, 0) is 14.4 Å². The summed E-state index contributed by atoms with van der Waals surface area (Å²) in [6.07, 6.45) is 7.13. The van der Waals surface area contributed by atoms with Crippen molar-refractivity contribution in [3.8, 4) is 17.6 Å². The molecule has 0 aromatic heterocycles. The van der Waals surface area contributed by atoms with Gasteiger partial charge in [-0.2, -0.15) is 5.26 Å². The molecule has 2 saturated heterocycles. The number of carbonyl (C=O) groups is 5. The number of hydrazine groups is 1. The van der Waals surface area contributed by atoms with E-state index in [0.717, 1.165) is 62.6 Å². The van der Waals surface area contributed by atoms with Crippen LogP contribution >= 0.6 is 11.6 Å². The third-order valence-corrected chi connectivity index (χ3v) is 10.8. The molecular weight excluding hydrogens is 716 g/mol. The molecule has 0 radical (unpaired) electrons. The van der Waals surface area contributed by atoms with Crippen LogP contribution in [0.4, 0.5) is 0 Å². The Kier molecular flexibility index (Phi) is 10.7. The van der Waals surface area contributed by atoms with E-state index >= 15 is 0 Å². The maximum Gasteiger partial charge on any atom is 0.269 e. The Morgan fingerprint density at radius 3 is 2.39 bits per heavy atom. The molecule has 4 aliphatic heterocycles. The lowest BCUT2D eigenvalue weighted by atomic mass is 9.92. The molecule has 4 heterocycles. The number of amides is 5. The molecule has 15 nitrogen and oxygen atoms in total. The van der Waals surface area contributed by atoms with Gasteiger partial charge in [0.05, 0.1) is 27.8 Å². The molecule has 1 saturated carbocycles. The topological polar surface area (TPSA) is 177 Å². The van der Waals surface area contributed by atoms with Crippen LogP contribution in [0.2, 0.25) is 5.02 Å². The lowest BCUT2D eigenvalue weighted by Crippen LogP contribution is -2.54. The Balaban J connectivity index is 0.834. The summed E-state index contributed by atoms with van der Waals surface area (Å²) in [5.74, 6) is -0.311. The summed E-state index contributed by atoms with van der Waals surface area (Å²) in [7, 11) is 1.83. The largest absolute Gasteiger partial charge is 0.492 e. The van der Waals surface area contributed by atoms with Crippen LogP contribution in [0.5, 0.6) is 11.5 Å². The Morgan fingerprint density at radius 2 is 1.69 bits per heavy atom. The van der Waals surface area contributed by atoms with Crippen molar-refractivity contribution < 1.29 is 33.4 Å². The molecule has 282 valence electrons. The summed E-state index contributed by atoms with van der Waals surface area (Å²) in [6, 6.07) is 10.9. The van der Waals surface area contributed by atoms with Crippen molar-refractivity contribution in [2.24, 2.45) is 0 Å². The molecule has 16 heteroatoms. The highest BCUT2D eigenvalue weighted by Gasteiger charge is 2.44. The second-order valence-corrected chi connectivity index (χ2v) is 14.3. The van der Waals surface area contributed by atoms with Gasteiger partial charge in [-0.15, -0.1) is 0 Å². The summed E-state index contributed by atoms with van der Waals surface area (Å²) < 4.78 is 12.0. The van der Waals surface area contributed by atoms with Gasteiger partial charge in [0, 0.05) is 58.3 Å². The lowest BCUT2D eigenvalue weighted by Gasteiger charge is -2.40. The van der Waals surface area contributed by atoms with Gasteiger partial charge in [-0.1, -0.05) is 11.6 Å². The van der Waals surface area contributed by atoms with Crippen molar-refractivity contribution >= 4 is 41.1 Å². The number of rotatable bonds is 10. The number of nitriles is 1. The highest BCUT2D eigenvalue weighted by molar-refractivity contribution is 6.31. The summed E-state index contributed by atoms with van der Waals surface area (Å²) in [5.41, 5.74) is 4.68. The van der Waals surface area contributed by atoms with Crippen molar-refractivity contribution in [2.45, 2.75) is 56.7 Å². The molecule has 1 aliphatic carbocycles. The maximum atomic E-state index is 13.2. The predicted molar refractivity (Wildman–Crippen MR) is 195 cm³/mol. The molecule has 1 atom stereocenters. The Labute approximate surface area is 317 Å². The van der Waals surface area contributed by atoms with E-state index in [1.165, 1.54) is 6.07 Å². The number of nitrogens with one attached hydrogen (secondary N) is 3. The first-order chi connectivity index (χ1) is 26.1. The average molecular weight is 757 g/mol. The van der Waals surface area contributed by atoms with E-state index in [1.54, 1.807) is 35.3 Å². The third-order valence-electron chi connectivity index (χ3n) is 10.4. The van der Waals surface area contributed by atoms with Crippen molar-refractivity contribution in [1.29, 1.82) is 5.26 Å². The fraction of sp³-hybridized carbons (Fsp3) is 0.421. The van der Waals surface area contributed by atoms with Crippen molar-refractivity contribution in [3.63, 3.8) is 0 Å². The number of carbonyl (C=O) groups excluding carboxylic acids is 5. The monoisotopic (exact) mass is 756 g/mol. The Bertz CT molecular complexity index is 1960. The molecule has 3 fully saturated rings. The molecule has 2 aromatic carbocycles. The van der Waals surface area contributed by atoms with Gasteiger partial charge in [0.15, 0.2) is 0 Å². The zero-order chi connectivity index (χ0) is 37.9. The minimum atomic E-state index is -1.01. The summed E-state index contributed by atoms with van der Waals surface area (Å²) in [6.45, 7) is 4.18. The fourth-order valence-electron chi connectivity index (χ4n) is 7.42. The van der Waals surface area contributed by atoms with E-state index in [9.17, 15) is 24.0 Å². The van der Waals surface area contributed by atoms with Crippen LogP contribution in [0.15, 0.2) is 60.1 Å². The van der Waals surface area contributed by atoms with Crippen LogP contribution in [0.3, 0.4) is 0 Å². The van der Waals surface area contributed by atoms with Crippen molar-refractivity contribution in [3.05, 3.63) is 81.8 Å². The number of allylic oxidation sites excluding steroid dienone is 2. The SMILES string of the molecule is CN1NC(N2CCN(CCOc3ccc4c(c3)C(=O)N(C3CCC(=O)NC3=O)C4=O)CC2)=CC=C1C(=O)NC1CCC(Oc2ccc(C#N)c(Cl)c2)CC1. The molecule has 5 amide bonds. The Hall–Kier alpha value is -5.59. The molecule has 5 aliphatic rings. The van der Waals surface area contributed by atoms with E-state index < -0.39 is 29.7 Å². The summed E-state index contributed by atoms with van der Waals surface area (Å²) >= 11 is 6.14. The molecule has 0 spiro atoms. The van der Waals surface area contributed by atoms with Crippen LogP contribution in [0, 0.1) is 11.3 Å². The number of hydrogen-bond acceptors (Lipinski definition) is 12. The van der Waals surface area contributed by atoms with E-state index in [0.29, 0.717) is 40.9 Å². The minimum Gasteiger partial charge on any atom is -0.492 e. The zero-order valence-electron chi connectivity index (χ0n) is 29.8. The highest BCUT2D eigenvalue weighted by atomic mass is 35.5. The van der Waals surface area contributed by atoms with Gasteiger partial charge in [-0.3, -0.25) is 49.5 Å². The van der Waals surface area contributed by atoms with Gasteiger partial charge in [-0.05, 0) is 74.6 Å². The first-order valence-electron chi connectivity index (χ1n) is 18.1. The van der Waals surface area contributed by atoms with Gasteiger partial charge in [-0.25, -0.2) is 0 Å². The van der Waals surface area contributed by atoms with E-state index in [-0.39, 0.29) is 42.0 Å². The maximum absolute atomic E-state index is 13.2. The van der Waals surface area contributed by atoms with Crippen LogP contribution < -0.4 is 25.5 Å². The van der Waals surface area contributed by atoms with E-state index in [4.69, 9.17) is 26.3 Å². The number of halogens is 1. The minimum absolute atomic E-state index is 0.0187. The van der Waals surface area contributed by atoms with Gasteiger partial charge in [0.25, 0.3) is 17.7 Å². The average Bonchev–Trinajstić information content (AvgIpc) is 3.40. The zero-order valence-corrected chi connectivity index (χ0v) is 30.6. The van der Waals surface area contributed by atoms with Crippen molar-refractivity contribution in [1.82, 2.24) is 35.8 Å². The van der Waals surface area contributed by atoms with Crippen LogP contribution in [0.25, 0.3) is 0 Å². The normalized spacial score (nSPS) is 23.1. The van der Waals surface area contributed by atoms with Crippen LogP contribution in [0.1, 0.15) is 64.8 Å². The molecule has 54 heavy (non-hydrogen) atoms. The van der Waals surface area contributed by atoms with Crippen LogP contribution in [-0.4, -0.2) is 114 Å². The molecular formula is C38H41ClN8O7. The van der Waals surface area contributed by atoms with Crippen molar-refractivity contribution in [2.75, 3.05) is 46.4 Å². The number of piperidine rings is 1. The molecule has 1 unspecified atom stereocenters. The third kappa shape index (κ3) is 7.85. The second-order valence-electron chi connectivity index (χ2n) is 13.9. The smallest absolute Gasteiger partial charge is 0.269 e. The number of ether oxygens (including phenoxy) is 2. The number of likely N-dealkylation sites (N-methyl/N-ethyl adjacent to an activating group) is 1. The molecule has 7 rings (SSSR count). The highest BCUT2D eigenvalue weighted by Crippen LogP contribution is 2.31. The van der Waals surface area contributed by atoms with Gasteiger partial charge >= 0.3 is 0 Å². The summed E-state index contributed by atoms with van der Waals surface area (Å²) in [5, 5.41) is 16.6. The van der Waals surface area contributed by atoms with E-state index in [1.807, 2.05) is 25.3 Å². The summed E-state index contributed by atoms with van der Waals surface area (Å²) in [4.78, 5) is 68.6. The number of hydrogen-bond donors (Lipinski definition) is 3. The number of fused-ring (bicyclic) bond motifs is 1. The molecule has 2 aromatic rings. The number of piperazine rings is 1. The quantitative estimate of drug-likeness (QED) is 0.302.